The van der Waals surface area contributed by atoms with Gasteiger partial charge in [0.15, 0.2) is 6.29 Å². The quantitative estimate of drug-likeness (QED) is 0.221. The van der Waals surface area contributed by atoms with Crippen molar-refractivity contribution in [3.05, 3.63) is 39.0 Å². The standard InChI is InChI=1S/C6H13BrO2.C6H6N4O.C4H6N4O.2CH4/c1-3-8-6(5-7)9-4-2;7-6-9-4-3(1-2-8-4)5(11)10-6;5-2-1-3(9)8-4(6)7-2;;/h6H,3-5H2,1-2H3;1-2H,(H4,7,8,9,10,11);1H,(H5,5,6,7,8,9);2*1H4. The average molecular weight is 505 g/mol. The molecule has 3 aromatic rings. The molecule has 0 radical (unpaired) electrons. The maximum atomic E-state index is 11.1. The third kappa shape index (κ3) is 11.2. The lowest BCUT2D eigenvalue weighted by Crippen LogP contribution is -2.18. The van der Waals surface area contributed by atoms with Crippen LogP contribution in [-0.4, -0.2) is 49.8 Å². The highest BCUT2D eigenvalue weighted by atomic mass is 79.9. The fourth-order valence-electron chi connectivity index (χ4n) is 1.97. The molecule has 0 fully saturated rings. The molecule has 0 aliphatic rings. The van der Waals surface area contributed by atoms with Crippen molar-refractivity contribution in [1.29, 1.82) is 0 Å². The number of nitrogens with two attached hydrogens (primary N) is 3. The summed E-state index contributed by atoms with van der Waals surface area (Å²) in [6.07, 6.45) is 1.58. The Morgan fingerprint density at radius 1 is 1.03 bits per heavy atom. The summed E-state index contributed by atoms with van der Waals surface area (Å²) in [4.78, 5) is 36.3. The summed E-state index contributed by atoms with van der Waals surface area (Å²) >= 11 is 3.27. The summed E-state index contributed by atoms with van der Waals surface area (Å²) in [6, 6.07) is 2.82. The van der Waals surface area contributed by atoms with Crippen molar-refractivity contribution in [3.8, 4) is 0 Å². The SMILES string of the molecule is C.C.CCOC(CBr)OCC.Nc1cc(=O)[nH]c(N)n1.Nc1nc2[nH]ccc2c(=O)[nH]1. The minimum absolute atomic E-state index is 0. The van der Waals surface area contributed by atoms with E-state index in [0.717, 1.165) is 11.4 Å². The molecule has 13 heteroatoms. The topological polar surface area (TPSA) is 204 Å². The van der Waals surface area contributed by atoms with Crippen LogP contribution in [-0.2, 0) is 9.47 Å². The van der Waals surface area contributed by atoms with E-state index in [1.54, 1.807) is 12.3 Å². The number of hydrogen-bond donors (Lipinski definition) is 6. The van der Waals surface area contributed by atoms with E-state index in [0.29, 0.717) is 24.2 Å². The lowest BCUT2D eigenvalue weighted by molar-refractivity contribution is -0.119. The van der Waals surface area contributed by atoms with Crippen molar-refractivity contribution < 1.29 is 9.47 Å². The second-order valence-electron chi connectivity index (χ2n) is 5.24. The molecule has 0 bridgehead atoms. The first-order valence-corrected chi connectivity index (χ1v) is 9.67. The number of aromatic amines is 3. The van der Waals surface area contributed by atoms with Crippen LogP contribution < -0.4 is 28.3 Å². The summed E-state index contributed by atoms with van der Waals surface area (Å²) in [5, 5.41) is 1.27. The summed E-state index contributed by atoms with van der Waals surface area (Å²) in [6.45, 7) is 5.32. The Balaban J connectivity index is 0. The van der Waals surface area contributed by atoms with E-state index in [1.165, 1.54) is 0 Å². The molecule has 3 rings (SSSR count). The number of nitrogens with one attached hydrogen (secondary N) is 3. The number of ether oxygens (including phenoxy) is 2. The molecule has 0 saturated carbocycles. The molecular formula is C18H33BrN8O4. The Bertz CT molecular complexity index is 959. The fourth-order valence-corrected chi connectivity index (χ4v) is 2.35. The molecule has 31 heavy (non-hydrogen) atoms. The van der Waals surface area contributed by atoms with Crippen LogP contribution in [0.15, 0.2) is 27.9 Å². The number of halogens is 1. The van der Waals surface area contributed by atoms with Gasteiger partial charge in [-0.3, -0.25) is 19.6 Å². The van der Waals surface area contributed by atoms with Crippen LogP contribution in [0.5, 0.6) is 0 Å². The zero-order valence-electron chi connectivity index (χ0n) is 16.1. The molecule has 176 valence electrons. The normalized spacial score (nSPS) is 9.55. The third-order valence-corrected chi connectivity index (χ3v) is 3.58. The van der Waals surface area contributed by atoms with Gasteiger partial charge in [-0.25, -0.2) is 0 Å². The second-order valence-corrected chi connectivity index (χ2v) is 5.89. The molecule has 0 unspecified atom stereocenters. The van der Waals surface area contributed by atoms with Crippen LogP contribution in [0, 0.1) is 0 Å². The average Bonchev–Trinajstić information content (AvgIpc) is 3.10. The summed E-state index contributed by atoms with van der Waals surface area (Å²) in [5.41, 5.74) is 15.5. The molecule has 0 aliphatic heterocycles. The highest BCUT2D eigenvalue weighted by Crippen LogP contribution is 2.02. The first-order valence-electron chi connectivity index (χ1n) is 8.55. The number of alkyl halides is 1. The van der Waals surface area contributed by atoms with E-state index in [9.17, 15) is 9.59 Å². The first-order chi connectivity index (χ1) is 13.8. The molecule has 0 aromatic carbocycles. The van der Waals surface area contributed by atoms with Gasteiger partial charge in [-0.05, 0) is 19.9 Å². The Labute approximate surface area is 189 Å². The largest absolute Gasteiger partial charge is 0.383 e. The molecule has 0 atom stereocenters. The van der Waals surface area contributed by atoms with Crippen LogP contribution in [0.2, 0.25) is 0 Å². The zero-order chi connectivity index (χ0) is 21.8. The van der Waals surface area contributed by atoms with Crippen LogP contribution >= 0.6 is 15.9 Å². The van der Waals surface area contributed by atoms with Crippen molar-refractivity contribution in [2.45, 2.75) is 35.0 Å². The smallest absolute Gasteiger partial charge is 0.261 e. The van der Waals surface area contributed by atoms with Crippen LogP contribution in [0.25, 0.3) is 11.0 Å². The summed E-state index contributed by atoms with van der Waals surface area (Å²) in [7, 11) is 0. The number of nitrogens with zero attached hydrogens (tertiary/aromatic N) is 2. The van der Waals surface area contributed by atoms with E-state index in [2.05, 4.69) is 40.8 Å². The minimum atomic E-state index is -0.333. The van der Waals surface area contributed by atoms with Gasteiger partial charge < -0.3 is 31.7 Å². The number of rotatable bonds is 5. The molecule has 3 aromatic heterocycles. The number of nitrogen functional groups attached to an aromatic ring is 3. The van der Waals surface area contributed by atoms with Gasteiger partial charge in [0.1, 0.15) is 11.5 Å². The van der Waals surface area contributed by atoms with Crippen molar-refractivity contribution in [2.75, 3.05) is 35.7 Å². The number of aromatic nitrogens is 5. The van der Waals surface area contributed by atoms with E-state index in [-0.39, 0.29) is 50.0 Å². The molecule has 0 saturated heterocycles. The Hall–Kier alpha value is -2.90. The van der Waals surface area contributed by atoms with Crippen molar-refractivity contribution in [1.82, 2.24) is 24.9 Å². The van der Waals surface area contributed by atoms with E-state index < -0.39 is 0 Å². The zero-order valence-corrected chi connectivity index (χ0v) is 17.7. The van der Waals surface area contributed by atoms with E-state index in [1.807, 2.05) is 13.8 Å². The molecule has 0 amide bonds. The second kappa shape index (κ2) is 15.9. The van der Waals surface area contributed by atoms with Gasteiger partial charge in [0.2, 0.25) is 11.9 Å². The highest BCUT2D eigenvalue weighted by molar-refractivity contribution is 9.09. The monoisotopic (exact) mass is 504 g/mol. The maximum Gasteiger partial charge on any atom is 0.261 e. The van der Waals surface area contributed by atoms with Crippen molar-refractivity contribution in [2.24, 2.45) is 0 Å². The molecule has 3 heterocycles. The maximum absolute atomic E-state index is 11.1. The first kappa shape index (κ1) is 30.3. The fraction of sp³-hybridized carbons (Fsp3) is 0.444. The van der Waals surface area contributed by atoms with Crippen LogP contribution in [0.3, 0.4) is 0 Å². The molecular weight excluding hydrogens is 472 g/mol. The Morgan fingerprint density at radius 2 is 1.61 bits per heavy atom. The van der Waals surface area contributed by atoms with Crippen molar-refractivity contribution in [3.63, 3.8) is 0 Å². The molecule has 0 spiro atoms. The highest BCUT2D eigenvalue weighted by Gasteiger charge is 2.02. The van der Waals surface area contributed by atoms with Crippen molar-refractivity contribution >= 4 is 44.7 Å². The predicted octanol–water partition coefficient (Wildman–Crippen LogP) is 1.82. The minimum Gasteiger partial charge on any atom is -0.383 e. The number of H-pyrrole nitrogens is 3. The Kier molecular flexibility index (Phi) is 15.5. The summed E-state index contributed by atoms with van der Waals surface area (Å²) in [5.74, 6) is 0.307. The molecule has 9 N–H and O–H groups in total. The number of anilines is 3. The molecule has 0 aliphatic carbocycles. The van der Waals surface area contributed by atoms with Gasteiger partial charge in [0, 0.05) is 25.5 Å². The lowest BCUT2D eigenvalue weighted by Gasteiger charge is -2.12. The number of hydrogen-bond acceptors (Lipinski definition) is 9. The third-order valence-electron chi connectivity index (χ3n) is 3.05. The van der Waals surface area contributed by atoms with E-state index in [4.69, 9.17) is 26.7 Å². The van der Waals surface area contributed by atoms with Gasteiger partial charge in [-0.2, -0.15) is 9.97 Å². The van der Waals surface area contributed by atoms with Crippen LogP contribution in [0.1, 0.15) is 28.7 Å². The van der Waals surface area contributed by atoms with Gasteiger partial charge in [0.25, 0.3) is 11.1 Å². The Morgan fingerprint density at radius 3 is 2.10 bits per heavy atom. The molecule has 12 nitrogen and oxygen atoms in total. The van der Waals surface area contributed by atoms with E-state index >= 15 is 0 Å². The summed E-state index contributed by atoms with van der Waals surface area (Å²) < 4.78 is 10.3. The predicted molar refractivity (Wildman–Crippen MR) is 129 cm³/mol. The van der Waals surface area contributed by atoms with Gasteiger partial charge in [0.05, 0.1) is 10.7 Å². The van der Waals surface area contributed by atoms with Gasteiger partial charge >= 0.3 is 0 Å². The number of fused-ring (bicyclic) bond motifs is 1. The van der Waals surface area contributed by atoms with Crippen LogP contribution in [0.4, 0.5) is 17.7 Å². The van der Waals surface area contributed by atoms with Gasteiger partial charge in [-0.1, -0.05) is 30.8 Å². The van der Waals surface area contributed by atoms with Gasteiger partial charge in [-0.15, -0.1) is 0 Å². The lowest BCUT2D eigenvalue weighted by atomic mass is 10.4.